The van der Waals surface area contributed by atoms with Gasteiger partial charge in [-0.1, -0.05) is 0 Å². The second-order valence-corrected chi connectivity index (χ2v) is 4.12. The standard InChI is InChI=1S/C9H16FN/c10-8-2-1-3-9(6-8)4-5-11-7-9/h8,11H,1-7H2. The van der Waals surface area contributed by atoms with Crippen molar-refractivity contribution in [2.45, 2.75) is 38.3 Å². The normalized spacial score (nSPS) is 45.0. The van der Waals surface area contributed by atoms with Crippen LogP contribution in [0.5, 0.6) is 0 Å². The van der Waals surface area contributed by atoms with Crippen molar-refractivity contribution < 1.29 is 4.39 Å². The summed E-state index contributed by atoms with van der Waals surface area (Å²) in [5.41, 5.74) is 0.359. The van der Waals surface area contributed by atoms with E-state index < -0.39 is 6.17 Å². The van der Waals surface area contributed by atoms with Crippen LogP contribution < -0.4 is 5.32 Å². The zero-order valence-corrected chi connectivity index (χ0v) is 6.91. The molecule has 0 radical (unpaired) electrons. The van der Waals surface area contributed by atoms with E-state index in [9.17, 15) is 4.39 Å². The number of alkyl halides is 1. The molecule has 1 aliphatic carbocycles. The van der Waals surface area contributed by atoms with E-state index in [1.54, 1.807) is 0 Å². The van der Waals surface area contributed by atoms with Gasteiger partial charge in [-0.2, -0.15) is 0 Å². The average Bonchev–Trinajstić information content (AvgIpc) is 2.37. The molecule has 0 aromatic rings. The van der Waals surface area contributed by atoms with Crippen LogP contribution in [0.2, 0.25) is 0 Å². The zero-order valence-electron chi connectivity index (χ0n) is 6.91. The molecule has 2 heteroatoms. The van der Waals surface area contributed by atoms with E-state index in [4.69, 9.17) is 0 Å². The topological polar surface area (TPSA) is 12.0 Å². The molecule has 0 bridgehead atoms. The Bertz CT molecular complexity index is 140. The SMILES string of the molecule is FC1CCCC2(CCNC2)C1. The molecule has 1 nitrogen and oxygen atoms in total. The molecule has 2 rings (SSSR count). The molecule has 1 saturated heterocycles. The Morgan fingerprint density at radius 1 is 1.36 bits per heavy atom. The summed E-state index contributed by atoms with van der Waals surface area (Å²) in [6.07, 6.45) is 4.67. The minimum atomic E-state index is -0.511. The molecule has 1 heterocycles. The summed E-state index contributed by atoms with van der Waals surface area (Å²) in [7, 11) is 0. The molecule has 11 heavy (non-hydrogen) atoms. The van der Waals surface area contributed by atoms with Gasteiger partial charge in [0.2, 0.25) is 0 Å². The van der Waals surface area contributed by atoms with Crippen molar-refractivity contribution in [2.75, 3.05) is 13.1 Å². The van der Waals surface area contributed by atoms with Crippen LogP contribution in [0.4, 0.5) is 4.39 Å². The highest BCUT2D eigenvalue weighted by molar-refractivity contribution is 4.92. The zero-order chi connectivity index (χ0) is 7.73. The van der Waals surface area contributed by atoms with Crippen molar-refractivity contribution in [3.05, 3.63) is 0 Å². The largest absolute Gasteiger partial charge is 0.316 e. The van der Waals surface area contributed by atoms with Crippen LogP contribution in [0.15, 0.2) is 0 Å². The summed E-state index contributed by atoms with van der Waals surface area (Å²) >= 11 is 0. The average molecular weight is 157 g/mol. The maximum absolute atomic E-state index is 13.1. The molecule has 1 N–H and O–H groups in total. The van der Waals surface area contributed by atoms with Crippen LogP contribution >= 0.6 is 0 Å². The third-order valence-electron chi connectivity index (χ3n) is 3.21. The van der Waals surface area contributed by atoms with Crippen molar-refractivity contribution in [3.8, 4) is 0 Å². The fraction of sp³-hybridized carbons (Fsp3) is 1.00. The lowest BCUT2D eigenvalue weighted by Gasteiger charge is -2.34. The fourth-order valence-electron chi connectivity index (χ4n) is 2.56. The fourth-order valence-corrected chi connectivity index (χ4v) is 2.56. The Morgan fingerprint density at radius 2 is 2.27 bits per heavy atom. The quantitative estimate of drug-likeness (QED) is 0.566. The van der Waals surface area contributed by atoms with Gasteiger partial charge in [-0.05, 0) is 44.1 Å². The molecular weight excluding hydrogens is 141 g/mol. The van der Waals surface area contributed by atoms with Crippen LogP contribution in [0.1, 0.15) is 32.1 Å². The van der Waals surface area contributed by atoms with Gasteiger partial charge < -0.3 is 5.32 Å². The summed E-state index contributed by atoms with van der Waals surface area (Å²) in [6.45, 7) is 2.17. The van der Waals surface area contributed by atoms with Gasteiger partial charge in [-0.15, -0.1) is 0 Å². The molecule has 0 aromatic carbocycles. The maximum atomic E-state index is 13.1. The molecule has 1 saturated carbocycles. The Morgan fingerprint density at radius 3 is 2.91 bits per heavy atom. The van der Waals surface area contributed by atoms with Gasteiger partial charge >= 0.3 is 0 Å². The molecule has 0 amide bonds. The predicted molar refractivity (Wildman–Crippen MR) is 43.3 cm³/mol. The molecule has 64 valence electrons. The van der Waals surface area contributed by atoms with Gasteiger partial charge in [0.1, 0.15) is 6.17 Å². The van der Waals surface area contributed by atoms with E-state index in [2.05, 4.69) is 5.32 Å². The molecular formula is C9H16FN. The molecule has 2 unspecified atom stereocenters. The predicted octanol–water partition coefficient (Wildman–Crippen LogP) is 1.88. The van der Waals surface area contributed by atoms with Gasteiger partial charge in [0.05, 0.1) is 0 Å². The van der Waals surface area contributed by atoms with Crippen LogP contribution in [-0.2, 0) is 0 Å². The lowest BCUT2D eigenvalue weighted by Crippen LogP contribution is -2.31. The minimum absolute atomic E-state index is 0.359. The number of halogens is 1. The molecule has 2 aliphatic rings. The second kappa shape index (κ2) is 2.74. The number of nitrogens with one attached hydrogen (secondary N) is 1. The van der Waals surface area contributed by atoms with E-state index in [0.717, 1.165) is 32.4 Å². The third-order valence-corrected chi connectivity index (χ3v) is 3.21. The first-order chi connectivity index (χ1) is 5.31. The lowest BCUT2D eigenvalue weighted by molar-refractivity contribution is 0.124. The van der Waals surface area contributed by atoms with E-state index in [0.29, 0.717) is 5.41 Å². The van der Waals surface area contributed by atoms with Crippen molar-refractivity contribution in [3.63, 3.8) is 0 Å². The Balaban J connectivity index is 2.00. The first-order valence-electron chi connectivity index (χ1n) is 4.66. The van der Waals surface area contributed by atoms with Crippen LogP contribution in [0, 0.1) is 5.41 Å². The molecule has 2 fully saturated rings. The third kappa shape index (κ3) is 1.41. The Labute approximate surface area is 67.4 Å². The highest BCUT2D eigenvalue weighted by Crippen LogP contribution is 2.41. The smallest absolute Gasteiger partial charge is 0.101 e. The molecule has 2 atom stereocenters. The summed E-state index contributed by atoms with van der Waals surface area (Å²) in [5.74, 6) is 0. The maximum Gasteiger partial charge on any atom is 0.101 e. The first-order valence-corrected chi connectivity index (χ1v) is 4.66. The number of hydrogen-bond donors (Lipinski definition) is 1. The van der Waals surface area contributed by atoms with E-state index >= 15 is 0 Å². The number of hydrogen-bond acceptors (Lipinski definition) is 1. The highest BCUT2D eigenvalue weighted by Gasteiger charge is 2.38. The van der Waals surface area contributed by atoms with Crippen molar-refractivity contribution in [1.82, 2.24) is 5.32 Å². The van der Waals surface area contributed by atoms with Crippen molar-refractivity contribution >= 4 is 0 Å². The molecule has 1 spiro atoms. The molecule has 0 aromatic heterocycles. The lowest BCUT2D eigenvalue weighted by atomic mass is 9.73. The van der Waals surface area contributed by atoms with Crippen LogP contribution in [-0.4, -0.2) is 19.3 Å². The minimum Gasteiger partial charge on any atom is -0.316 e. The van der Waals surface area contributed by atoms with Gasteiger partial charge in [-0.3, -0.25) is 0 Å². The van der Waals surface area contributed by atoms with Crippen molar-refractivity contribution in [1.29, 1.82) is 0 Å². The highest BCUT2D eigenvalue weighted by atomic mass is 19.1. The van der Waals surface area contributed by atoms with E-state index in [-0.39, 0.29) is 0 Å². The van der Waals surface area contributed by atoms with Crippen molar-refractivity contribution in [2.24, 2.45) is 5.41 Å². The van der Waals surface area contributed by atoms with Crippen LogP contribution in [0.3, 0.4) is 0 Å². The monoisotopic (exact) mass is 157 g/mol. The summed E-state index contributed by atoms with van der Waals surface area (Å²) in [4.78, 5) is 0. The van der Waals surface area contributed by atoms with Gasteiger partial charge in [0.15, 0.2) is 0 Å². The summed E-state index contributed by atoms with van der Waals surface area (Å²) < 4.78 is 13.1. The van der Waals surface area contributed by atoms with E-state index in [1.165, 1.54) is 12.8 Å². The van der Waals surface area contributed by atoms with Gasteiger partial charge in [-0.25, -0.2) is 4.39 Å². The van der Waals surface area contributed by atoms with Gasteiger partial charge in [0.25, 0.3) is 0 Å². The number of rotatable bonds is 0. The Hall–Kier alpha value is -0.110. The van der Waals surface area contributed by atoms with Crippen LogP contribution in [0.25, 0.3) is 0 Å². The summed E-state index contributed by atoms with van der Waals surface area (Å²) in [6, 6.07) is 0. The summed E-state index contributed by atoms with van der Waals surface area (Å²) in [5, 5.41) is 3.34. The molecule has 1 aliphatic heterocycles. The Kier molecular flexibility index (Phi) is 1.88. The van der Waals surface area contributed by atoms with Gasteiger partial charge in [0, 0.05) is 6.54 Å². The first kappa shape index (κ1) is 7.53. The second-order valence-electron chi connectivity index (χ2n) is 4.12. The van der Waals surface area contributed by atoms with E-state index in [1.807, 2.05) is 0 Å².